The molecule has 4 fully saturated rings. The Morgan fingerprint density at radius 3 is 2.65 bits per heavy atom. The second kappa shape index (κ2) is 4.69. The first-order chi connectivity index (χ1) is 11.2. The first-order valence-electron chi connectivity index (χ1n) is 8.73. The van der Waals surface area contributed by atoms with Gasteiger partial charge in [0.1, 0.15) is 5.82 Å². The molecule has 5 rings (SSSR count). The third-order valence-corrected chi connectivity index (χ3v) is 6.06. The smallest absolute Gasteiger partial charge is 0.343 e. The number of aromatic amines is 1. The lowest BCUT2D eigenvalue weighted by molar-refractivity contribution is -0.139. The monoisotopic (exact) mass is 318 g/mol. The molecule has 0 unspecified atom stereocenters. The maximum atomic E-state index is 12.7. The maximum absolute atomic E-state index is 12.7. The Kier molecular flexibility index (Phi) is 2.81. The molecule has 7 nitrogen and oxygen atoms in total. The van der Waals surface area contributed by atoms with E-state index in [9.17, 15) is 9.59 Å². The molecule has 1 aromatic heterocycles. The summed E-state index contributed by atoms with van der Waals surface area (Å²) in [5.41, 5.74) is -0.295. The zero-order valence-corrected chi connectivity index (χ0v) is 13.2. The molecule has 1 amide bonds. The Bertz CT molecular complexity index is 698. The van der Waals surface area contributed by atoms with Crippen molar-refractivity contribution in [2.24, 2.45) is 11.3 Å². The highest BCUT2D eigenvalue weighted by Gasteiger charge is 2.64. The average Bonchev–Trinajstić information content (AvgIpc) is 3.47. The van der Waals surface area contributed by atoms with Gasteiger partial charge in [-0.3, -0.25) is 9.78 Å². The van der Waals surface area contributed by atoms with Crippen molar-refractivity contribution >= 4 is 5.91 Å². The summed E-state index contributed by atoms with van der Waals surface area (Å²) in [4.78, 5) is 29.7. The molecule has 1 aromatic rings. The van der Waals surface area contributed by atoms with E-state index in [0.29, 0.717) is 18.4 Å². The van der Waals surface area contributed by atoms with E-state index in [4.69, 9.17) is 4.74 Å². The fourth-order valence-electron chi connectivity index (χ4n) is 4.25. The Hall–Kier alpha value is -1.63. The molecule has 0 aromatic carbocycles. The SMILES string of the molecule is O=C(N1CCC(n2nc(C3CC3)[nH]c2=O)CC1)[C@@]12COC[C@@H]1C2. The predicted molar refractivity (Wildman–Crippen MR) is 81.0 cm³/mol. The van der Waals surface area contributed by atoms with Crippen LogP contribution < -0.4 is 5.69 Å². The summed E-state index contributed by atoms with van der Waals surface area (Å²) in [5.74, 6) is 2.02. The van der Waals surface area contributed by atoms with Gasteiger partial charge in [-0.1, -0.05) is 0 Å². The molecule has 2 aliphatic carbocycles. The standard InChI is InChI=1S/C16H22N4O3/c21-14(16-7-11(16)8-23-9-16)19-5-3-12(4-6-19)20-15(22)17-13(18-20)10-1-2-10/h10-12H,1-9H2,(H,17,18,22)/t11-,16-/m0/s1. The molecule has 4 aliphatic rings. The van der Waals surface area contributed by atoms with Crippen LogP contribution in [0.4, 0.5) is 0 Å². The number of fused-ring (bicyclic) bond motifs is 1. The van der Waals surface area contributed by atoms with Crippen molar-refractivity contribution in [3.63, 3.8) is 0 Å². The number of carbonyl (C=O) groups is 1. The van der Waals surface area contributed by atoms with Gasteiger partial charge in [0, 0.05) is 24.9 Å². The number of ether oxygens (including phenoxy) is 1. The van der Waals surface area contributed by atoms with Gasteiger partial charge < -0.3 is 9.64 Å². The summed E-state index contributed by atoms with van der Waals surface area (Å²) >= 11 is 0. The van der Waals surface area contributed by atoms with E-state index in [0.717, 1.165) is 57.6 Å². The van der Waals surface area contributed by atoms with Crippen LogP contribution in [0.3, 0.4) is 0 Å². The molecule has 2 aliphatic heterocycles. The van der Waals surface area contributed by atoms with E-state index >= 15 is 0 Å². The van der Waals surface area contributed by atoms with E-state index in [1.54, 1.807) is 4.68 Å². The van der Waals surface area contributed by atoms with Crippen LogP contribution in [0.15, 0.2) is 4.79 Å². The molecule has 2 saturated heterocycles. The number of likely N-dealkylation sites (tertiary alicyclic amines) is 1. The first-order valence-corrected chi connectivity index (χ1v) is 8.73. The number of rotatable bonds is 3. The van der Waals surface area contributed by atoms with Gasteiger partial charge in [-0.2, -0.15) is 5.10 Å². The molecule has 7 heteroatoms. The van der Waals surface area contributed by atoms with Gasteiger partial charge in [-0.25, -0.2) is 9.48 Å². The van der Waals surface area contributed by atoms with Gasteiger partial charge in [0.25, 0.3) is 0 Å². The summed E-state index contributed by atoms with van der Waals surface area (Å²) in [5, 5.41) is 4.49. The molecule has 2 saturated carbocycles. The Balaban J connectivity index is 1.26. The number of nitrogens with zero attached hydrogens (tertiary/aromatic N) is 3. The molecule has 23 heavy (non-hydrogen) atoms. The van der Waals surface area contributed by atoms with Crippen molar-refractivity contribution in [1.82, 2.24) is 19.7 Å². The minimum atomic E-state index is -0.199. The molecule has 3 heterocycles. The van der Waals surface area contributed by atoms with Crippen molar-refractivity contribution < 1.29 is 9.53 Å². The van der Waals surface area contributed by atoms with Gasteiger partial charge in [0.2, 0.25) is 5.91 Å². The number of H-pyrrole nitrogens is 1. The summed E-state index contributed by atoms with van der Waals surface area (Å²) in [6.07, 6.45) is 4.87. The number of carbonyl (C=O) groups excluding carboxylic acids is 1. The van der Waals surface area contributed by atoms with Gasteiger partial charge in [0.05, 0.1) is 24.7 Å². The first kappa shape index (κ1) is 13.8. The van der Waals surface area contributed by atoms with Crippen molar-refractivity contribution in [3.8, 4) is 0 Å². The second-order valence-corrected chi connectivity index (χ2v) is 7.63. The largest absolute Gasteiger partial charge is 0.380 e. The average molecular weight is 318 g/mol. The number of nitrogens with one attached hydrogen (secondary N) is 1. The van der Waals surface area contributed by atoms with E-state index in [1.165, 1.54) is 0 Å². The molecule has 2 atom stereocenters. The highest BCUT2D eigenvalue weighted by atomic mass is 16.5. The number of aromatic nitrogens is 3. The normalized spacial score (nSPS) is 33.7. The molecule has 0 bridgehead atoms. The maximum Gasteiger partial charge on any atom is 0.343 e. The molecule has 0 radical (unpaired) electrons. The molecule has 1 N–H and O–H groups in total. The van der Waals surface area contributed by atoms with Crippen LogP contribution in [0.1, 0.15) is 49.9 Å². The van der Waals surface area contributed by atoms with Crippen molar-refractivity contribution in [2.75, 3.05) is 26.3 Å². The Morgan fingerprint density at radius 2 is 2.04 bits per heavy atom. The van der Waals surface area contributed by atoms with Crippen LogP contribution in [0.25, 0.3) is 0 Å². The number of hydrogen-bond donors (Lipinski definition) is 1. The Morgan fingerprint density at radius 1 is 1.26 bits per heavy atom. The van der Waals surface area contributed by atoms with Crippen LogP contribution in [0.2, 0.25) is 0 Å². The molecular weight excluding hydrogens is 296 g/mol. The van der Waals surface area contributed by atoms with E-state index < -0.39 is 0 Å². The lowest BCUT2D eigenvalue weighted by atomic mass is 10.00. The topological polar surface area (TPSA) is 80.2 Å². The van der Waals surface area contributed by atoms with Crippen molar-refractivity contribution in [2.45, 2.75) is 44.1 Å². The van der Waals surface area contributed by atoms with Crippen LogP contribution in [-0.2, 0) is 9.53 Å². The zero-order chi connectivity index (χ0) is 15.6. The summed E-state index contributed by atoms with van der Waals surface area (Å²) in [7, 11) is 0. The summed E-state index contributed by atoms with van der Waals surface area (Å²) < 4.78 is 7.07. The highest BCUT2D eigenvalue weighted by Crippen LogP contribution is 2.58. The minimum Gasteiger partial charge on any atom is -0.380 e. The fraction of sp³-hybridized carbons (Fsp3) is 0.812. The summed E-state index contributed by atoms with van der Waals surface area (Å²) in [6, 6.07) is 0.114. The lowest BCUT2D eigenvalue weighted by Crippen LogP contribution is -2.45. The molecular formula is C16H22N4O3. The minimum absolute atomic E-state index is 0.0956. The van der Waals surface area contributed by atoms with E-state index in [-0.39, 0.29) is 23.1 Å². The van der Waals surface area contributed by atoms with Crippen LogP contribution in [-0.4, -0.2) is 51.9 Å². The number of piperidine rings is 1. The van der Waals surface area contributed by atoms with Crippen LogP contribution in [0.5, 0.6) is 0 Å². The number of hydrogen-bond acceptors (Lipinski definition) is 4. The van der Waals surface area contributed by atoms with Crippen molar-refractivity contribution in [1.29, 1.82) is 0 Å². The van der Waals surface area contributed by atoms with E-state index in [1.807, 2.05) is 4.90 Å². The number of amides is 1. The summed E-state index contributed by atoms with van der Waals surface area (Å²) in [6.45, 7) is 2.78. The fourth-order valence-corrected chi connectivity index (χ4v) is 4.25. The third-order valence-electron chi connectivity index (χ3n) is 6.06. The highest BCUT2D eigenvalue weighted by molar-refractivity contribution is 5.86. The lowest BCUT2D eigenvalue weighted by Gasteiger charge is -2.33. The van der Waals surface area contributed by atoms with Crippen molar-refractivity contribution in [3.05, 3.63) is 16.3 Å². The quantitative estimate of drug-likeness (QED) is 0.887. The molecule has 124 valence electrons. The predicted octanol–water partition coefficient (Wildman–Crippen LogP) is 0.649. The van der Waals surface area contributed by atoms with Gasteiger partial charge in [-0.15, -0.1) is 0 Å². The van der Waals surface area contributed by atoms with E-state index in [2.05, 4.69) is 10.1 Å². The Labute approximate surface area is 134 Å². The van der Waals surface area contributed by atoms with Crippen LogP contribution >= 0.6 is 0 Å². The van der Waals surface area contributed by atoms with Crippen LogP contribution in [0, 0.1) is 11.3 Å². The third kappa shape index (κ3) is 2.09. The zero-order valence-electron chi connectivity index (χ0n) is 13.2. The second-order valence-electron chi connectivity index (χ2n) is 7.63. The van der Waals surface area contributed by atoms with Gasteiger partial charge >= 0.3 is 5.69 Å². The van der Waals surface area contributed by atoms with Gasteiger partial charge in [-0.05, 0) is 32.1 Å². The van der Waals surface area contributed by atoms with Gasteiger partial charge in [0.15, 0.2) is 0 Å². The molecule has 0 spiro atoms.